The zero-order chi connectivity index (χ0) is 13.1. The normalized spacial score (nSPS) is 10.4. The fourth-order valence-electron chi connectivity index (χ4n) is 1.58. The topological polar surface area (TPSA) is 35.2 Å². The van der Waals surface area contributed by atoms with Gasteiger partial charge >= 0.3 is 0 Å². The molecule has 4 heteroatoms. The molecule has 2 aromatic carbocycles. The van der Waals surface area contributed by atoms with Crippen LogP contribution >= 0.6 is 31.9 Å². The van der Waals surface area contributed by atoms with E-state index < -0.39 is 0 Å². The highest BCUT2D eigenvalue weighted by atomic mass is 79.9. The summed E-state index contributed by atoms with van der Waals surface area (Å²) < 4.78 is 7.74. The minimum Gasteiger partial charge on any atom is -0.489 e. The Bertz CT molecular complexity index is 570. The maximum atomic E-state index is 5.82. The Morgan fingerprint density at radius 1 is 1.17 bits per heavy atom. The lowest BCUT2D eigenvalue weighted by Crippen LogP contribution is -1.99. The van der Waals surface area contributed by atoms with E-state index in [1.807, 2.05) is 43.3 Å². The zero-order valence-electron chi connectivity index (χ0n) is 9.91. The Hall–Kier alpha value is -1.00. The second-order valence-corrected chi connectivity index (χ2v) is 5.67. The van der Waals surface area contributed by atoms with Crippen molar-refractivity contribution < 1.29 is 4.74 Å². The number of aryl methyl sites for hydroxylation is 1. The summed E-state index contributed by atoms with van der Waals surface area (Å²) in [6, 6.07) is 11.7. The predicted octanol–water partition coefficient (Wildman–Crippen LogP) is 4.68. The molecule has 0 bridgehead atoms. The van der Waals surface area contributed by atoms with E-state index >= 15 is 0 Å². The van der Waals surface area contributed by atoms with Gasteiger partial charge in [-0.05, 0) is 52.7 Å². The van der Waals surface area contributed by atoms with E-state index in [4.69, 9.17) is 10.5 Å². The summed E-state index contributed by atoms with van der Waals surface area (Å²) in [7, 11) is 0. The molecule has 0 saturated carbocycles. The van der Waals surface area contributed by atoms with Crippen LogP contribution in [0.25, 0.3) is 0 Å². The van der Waals surface area contributed by atoms with Crippen LogP contribution in [0.3, 0.4) is 0 Å². The van der Waals surface area contributed by atoms with E-state index in [-0.39, 0.29) is 0 Å². The Balaban J connectivity index is 2.11. The molecule has 0 radical (unpaired) electrons. The van der Waals surface area contributed by atoms with Crippen molar-refractivity contribution in [3.05, 3.63) is 56.5 Å². The van der Waals surface area contributed by atoms with Crippen molar-refractivity contribution in [2.75, 3.05) is 5.73 Å². The summed E-state index contributed by atoms with van der Waals surface area (Å²) in [5.41, 5.74) is 8.74. The molecule has 0 saturated heterocycles. The minimum atomic E-state index is 0.493. The van der Waals surface area contributed by atoms with Crippen molar-refractivity contribution in [3.8, 4) is 5.75 Å². The van der Waals surface area contributed by atoms with Crippen LogP contribution in [0.1, 0.15) is 11.1 Å². The number of halogens is 2. The van der Waals surface area contributed by atoms with Crippen LogP contribution in [-0.4, -0.2) is 0 Å². The molecule has 2 aromatic rings. The van der Waals surface area contributed by atoms with Crippen LogP contribution in [0, 0.1) is 6.92 Å². The van der Waals surface area contributed by atoms with Crippen molar-refractivity contribution in [3.63, 3.8) is 0 Å². The monoisotopic (exact) mass is 369 g/mol. The minimum absolute atomic E-state index is 0.493. The molecule has 2 rings (SSSR count). The smallest absolute Gasteiger partial charge is 0.120 e. The Kier molecular flexibility index (Phi) is 4.30. The van der Waals surface area contributed by atoms with Gasteiger partial charge in [0.25, 0.3) is 0 Å². The molecule has 0 aromatic heterocycles. The molecule has 18 heavy (non-hydrogen) atoms. The SMILES string of the molecule is Cc1cc(OCc2cccc(N)c2Br)ccc1Br. The van der Waals surface area contributed by atoms with E-state index in [1.165, 1.54) is 0 Å². The molecule has 0 heterocycles. The molecule has 0 fully saturated rings. The summed E-state index contributed by atoms with van der Waals surface area (Å²) in [5.74, 6) is 0.852. The number of anilines is 1. The Morgan fingerprint density at radius 3 is 2.67 bits per heavy atom. The van der Waals surface area contributed by atoms with Crippen LogP contribution < -0.4 is 10.5 Å². The average Bonchev–Trinajstić information content (AvgIpc) is 2.35. The van der Waals surface area contributed by atoms with Gasteiger partial charge in [-0.15, -0.1) is 0 Å². The predicted molar refractivity (Wildman–Crippen MR) is 81.8 cm³/mol. The van der Waals surface area contributed by atoms with Gasteiger partial charge in [0.1, 0.15) is 12.4 Å². The third-order valence-electron chi connectivity index (χ3n) is 2.63. The fourth-order valence-corrected chi connectivity index (χ4v) is 2.20. The molecule has 94 valence electrons. The number of nitrogens with two attached hydrogens (primary N) is 1. The molecule has 0 amide bonds. The summed E-state index contributed by atoms with van der Waals surface area (Å²) >= 11 is 6.93. The molecule has 0 spiro atoms. The third-order valence-corrected chi connectivity index (χ3v) is 4.49. The highest BCUT2D eigenvalue weighted by Gasteiger charge is 2.04. The standard InChI is InChI=1S/C14H13Br2NO/c1-9-7-11(5-6-12(9)15)18-8-10-3-2-4-13(17)14(10)16/h2-7H,8,17H2,1H3. The first-order valence-electron chi connectivity index (χ1n) is 5.50. The Morgan fingerprint density at radius 2 is 1.94 bits per heavy atom. The van der Waals surface area contributed by atoms with Gasteiger partial charge in [0, 0.05) is 20.2 Å². The van der Waals surface area contributed by atoms with E-state index in [0.29, 0.717) is 6.61 Å². The number of benzene rings is 2. The number of rotatable bonds is 3. The number of hydrogen-bond donors (Lipinski definition) is 1. The summed E-state index contributed by atoms with van der Waals surface area (Å²) in [6.45, 7) is 2.53. The van der Waals surface area contributed by atoms with Crippen molar-refractivity contribution in [1.29, 1.82) is 0 Å². The first-order valence-corrected chi connectivity index (χ1v) is 7.08. The molecule has 0 aliphatic rings. The van der Waals surface area contributed by atoms with Crippen molar-refractivity contribution in [2.24, 2.45) is 0 Å². The quantitative estimate of drug-likeness (QED) is 0.796. The number of ether oxygens (including phenoxy) is 1. The van der Waals surface area contributed by atoms with E-state index in [0.717, 1.165) is 31.5 Å². The molecule has 0 unspecified atom stereocenters. The molecule has 2 nitrogen and oxygen atoms in total. The highest BCUT2D eigenvalue weighted by molar-refractivity contribution is 9.11. The molecule has 0 aliphatic carbocycles. The van der Waals surface area contributed by atoms with Gasteiger partial charge in [0.2, 0.25) is 0 Å². The van der Waals surface area contributed by atoms with Crippen LogP contribution in [-0.2, 0) is 6.61 Å². The average molecular weight is 371 g/mol. The van der Waals surface area contributed by atoms with Gasteiger partial charge in [0.15, 0.2) is 0 Å². The van der Waals surface area contributed by atoms with Crippen LogP contribution in [0.5, 0.6) is 5.75 Å². The first-order chi connectivity index (χ1) is 8.58. The molecule has 0 atom stereocenters. The van der Waals surface area contributed by atoms with Gasteiger partial charge in [-0.1, -0.05) is 28.1 Å². The van der Waals surface area contributed by atoms with Gasteiger partial charge in [-0.2, -0.15) is 0 Å². The lowest BCUT2D eigenvalue weighted by atomic mass is 10.2. The zero-order valence-corrected chi connectivity index (χ0v) is 13.1. The second-order valence-electron chi connectivity index (χ2n) is 4.02. The van der Waals surface area contributed by atoms with Crippen LogP contribution in [0.4, 0.5) is 5.69 Å². The molecule has 0 aliphatic heterocycles. The van der Waals surface area contributed by atoms with E-state index in [9.17, 15) is 0 Å². The van der Waals surface area contributed by atoms with E-state index in [1.54, 1.807) is 0 Å². The number of hydrogen-bond acceptors (Lipinski definition) is 2. The lowest BCUT2D eigenvalue weighted by Gasteiger charge is -2.10. The van der Waals surface area contributed by atoms with Gasteiger partial charge in [-0.25, -0.2) is 0 Å². The summed E-state index contributed by atoms with van der Waals surface area (Å²) in [6.07, 6.45) is 0. The first kappa shape index (κ1) is 13.4. The van der Waals surface area contributed by atoms with E-state index in [2.05, 4.69) is 31.9 Å². The fraction of sp³-hybridized carbons (Fsp3) is 0.143. The van der Waals surface area contributed by atoms with Gasteiger partial charge < -0.3 is 10.5 Å². The van der Waals surface area contributed by atoms with Crippen molar-refractivity contribution in [1.82, 2.24) is 0 Å². The van der Waals surface area contributed by atoms with Crippen molar-refractivity contribution in [2.45, 2.75) is 13.5 Å². The van der Waals surface area contributed by atoms with Crippen LogP contribution in [0.15, 0.2) is 45.3 Å². The third kappa shape index (κ3) is 3.06. The second kappa shape index (κ2) is 5.76. The van der Waals surface area contributed by atoms with Gasteiger partial charge in [0.05, 0.1) is 0 Å². The summed E-state index contributed by atoms with van der Waals surface area (Å²) in [4.78, 5) is 0. The van der Waals surface area contributed by atoms with Crippen molar-refractivity contribution >= 4 is 37.5 Å². The molecular formula is C14H13Br2NO. The molecular weight excluding hydrogens is 358 g/mol. The van der Waals surface area contributed by atoms with Gasteiger partial charge in [-0.3, -0.25) is 0 Å². The maximum absolute atomic E-state index is 5.82. The maximum Gasteiger partial charge on any atom is 0.120 e. The van der Waals surface area contributed by atoms with Crippen LogP contribution in [0.2, 0.25) is 0 Å². The highest BCUT2D eigenvalue weighted by Crippen LogP contribution is 2.26. The lowest BCUT2D eigenvalue weighted by molar-refractivity contribution is 0.305. The Labute approximate surface area is 123 Å². The number of nitrogen functional groups attached to an aromatic ring is 1. The largest absolute Gasteiger partial charge is 0.489 e. The molecule has 2 N–H and O–H groups in total. The summed E-state index contributed by atoms with van der Waals surface area (Å²) in [5, 5.41) is 0.